The van der Waals surface area contributed by atoms with Crippen LogP contribution in [0.4, 0.5) is 0 Å². The SMILES string of the molecule is Cc1ccc(-c2cc3c(nc(C)n3C3CCS(=O)(=O)C3)c(C(=O)NCc3cccs3)n2)cc1. The predicted octanol–water partition coefficient (Wildman–Crippen LogP) is 4.07. The number of aryl methyl sites for hydroxylation is 2. The van der Waals surface area contributed by atoms with Crippen LogP contribution < -0.4 is 5.32 Å². The Morgan fingerprint density at radius 1 is 1.18 bits per heavy atom. The smallest absolute Gasteiger partial charge is 0.272 e. The molecular weight excluding hydrogens is 456 g/mol. The molecule has 0 aliphatic carbocycles. The third-order valence-electron chi connectivity index (χ3n) is 5.99. The summed E-state index contributed by atoms with van der Waals surface area (Å²) >= 11 is 1.58. The van der Waals surface area contributed by atoms with E-state index in [1.54, 1.807) is 11.3 Å². The molecule has 1 unspecified atom stereocenters. The molecular formula is C24H24N4O3S2. The number of sulfone groups is 1. The van der Waals surface area contributed by atoms with Gasteiger partial charge in [0.25, 0.3) is 5.91 Å². The number of thiophene rings is 1. The Morgan fingerprint density at radius 3 is 2.64 bits per heavy atom. The molecule has 1 aliphatic heterocycles. The average molecular weight is 481 g/mol. The monoisotopic (exact) mass is 480 g/mol. The zero-order valence-corrected chi connectivity index (χ0v) is 20.0. The number of rotatable bonds is 5. The molecule has 1 aromatic carbocycles. The Bertz CT molecular complexity index is 1440. The lowest BCUT2D eigenvalue weighted by atomic mass is 10.1. The van der Waals surface area contributed by atoms with Crippen molar-refractivity contribution < 1.29 is 13.2 Å². The van der Waals surface area contributed by atoms with Crippen molar-refractivity contribution in [2.24, 2.45) is 0 Å². The Labute approximate surface area is 196 Å². The van der Waals surface area contributed by atoms with Gasteiger partial charge in [-0.2, -0.15) is 0 Å². The molecule has 0 radical (unpaired) electrons. The van der Waals surface area contributed by atoms with Gasteiger partial charge in [-0.05, 0) is 37.8 Å². The maximum atomic E-state index is 13.2. The van der Waals surface area contributed by atoms with E-state index in [1.165, 1.54) is 0 Å². The van der Waals surface area contributed by atoms with Crippen LogP contribution in [0.15, 0.2) is 47.8 Å². The number of hydrogen-bond acceptors (Lipinski definition) is 6. The van der Waals surface area contributed by atoms with Gasteiger partial charge in [-0.25, -0.2) is 18.4 Å². The van der Waals surface area contributed by atoms with Crippen LogP contribution in [-0.2, 0) is 16.4 Å². The van der Waals surface area contributed by atoms with Gasteiger partial charge in [0.2, 0.25) is 0 Å². The number of nitrogens with one attached hydrogen (secondary N) is 1. The summed E-state index contributed by atoms with van der Waals surface area (Å²) in [6.07, 6.45) is 0.538. The van der Waals surface area contributed by atoms with E-state index < -0.39 is 9.84 Å². The van der Waals surface area contributed by atoms with Crippen LogP contribution in [0.5, 0.6) is 0 Å². The highest BCUT2D eigenvalue weighted by Gasteiger charge is 2.32. The van der Waals surface area contributed by atoms with E-state index in [-0.39, 0.29) is 29.1 Å². The second-order valence-corrected chi connectivity index (χ2v) is 11.7. The molecule has 1 fully saturated rings. The molecule has 1 amide bonds. The van der Waals surface area contributed by atoms with E-state index in [1.807, 2.05) is 66.3 Å². The van der Waals surface area contributed by atoms with Crippen molar-refractivity contribution >= 4 is 38.1 Å². The summed E-state index contributed by atoms with van der Waals surface area (Å²) in [5.41, 5.74) is 4.16. The van der Waals surface area contributed by atoms with Crippen molar-refractivity contribution in [1.29, 1.82) is 0 Å². The maximum Gasteiger partial charge on any atom is 0.272 e. The van der Waals surface area contributed by atoms with E-state index >= 15 is 0 Å². The van der Waals surface area contributed by atoms with Crippen LogP contribution in [0.3, 0.4) is 0 Å². The molecule has 1 N–H and O–H groups in total. The minimum Gasteiger partial charge on any atom is -0.346 e. The van der Waals surface area contributed by atoms with Crippen LogP contribution in [0.25, 0.3) is 22.3 Å². The normalized spacial score (nSPS) is 17.5. The highest BCUT2D eigenvalue weighted by atomic mass is 32.2. The van der Waals surface area contributed by atoms with Gasteiger partial charge >= 0.3 is 0 Å². The Balaban J connectivity index is 1.63. The van der Waals surface area contributed by atoms with Crippen LogP contribution in [0.2, 0.25) is 0 Å². The lowest BCUT2D eigenvalue weighted by molar-refractivity contribution is 0.0948. The van der Waals surface area contributed by atoms with Gasteiger partial charge in [-0.1, -0.05) is 35.9 Å². The standard InChI is InChI=1S/C24H24N4O3S2/c1-15-5-7-17(8-6-15)20-12-21-22(23(27-20)24(29)25-13-19-4-3-10-32-19)26-16(2)28(21)18-9-11-33(30,31)14-18/h3-8,10,12,18H,9,11,13-14H2,1-2H3,(H,25,29). The molecule has 4 heterocycles. The van der Waals surface area contributed by atoms with Gasteiger partial charge < -0.3 is 9.88 Å². The van der Waals surface area contributed by atoms with Crippen molar-refractivity contribution in [3.8, 4) is 11.3 Å². The Kier molecular flexibility index (Phi) is 5.54. The lowest BCUT2D eigenvalue weighted by Crippen LogP contribution is -2.24. The largest absolute Gasteiger partial charge is 0.346 e. The van der Waals surface area contributed by atoms with E-state index in [0.717, 1.165) is 21.5 Å². The zero-order valence-electron chi connectivity index (χ0n) is 18.4. The number of pyridine rings is 1. The molecule has 9 heteroatoms. The number of aromatic nitrogens is 3. The molecule has 0 saturated carbocycles. The first-order valence-electron chi connectivity index (χ1n) is 10.8. The predicted molar refractivity (Wildman–Crippen MR) is 130 cm³/mol. The highest BCUT2D eigenvalue weighted by Crippen LogP contribution is 2.32. The van der Waals surface area contributed by atoms with Crippen LogP contribution in [0, 0.1) is 13.8 Å². The van der Waals surface area contributed by atoms with Gasteiger partial charge in [0.05, 0.1) is 35.3 Å². The first kappa shape index (κ1) is 21.8. The zero-order chi connectivity index (χ0) is 23.2. The number of carbonyl (C=O) groups is 1. The summed E-state index contributed by atoms with van der Waals surface area (Å²) < 4.78 is 26.3. The second-order valence-electron chi connectivity index (χ2n) is 8.44. The number of amides is 1. The molecule has 5 rings (SSSR count). The highest BCUT2D eigenvalue weighted by molar-refractivity contribution is 7.91. The molecule has 1 aliphatic rings. The summed E-state index contributed by atoms with van der Waals surface area (Å²) in [6, 6.07) is 13.6. The third kappa shape index (κ3) is 4.30. The Hall–Kier alpha value is -3.04. The number of fused-ring (bicyclic) bond motifs is 1. The quantitative estimate of drug-likeness (QED) is 0.465. The summed E-state index contributed by atoms with van der Waals surface area (Å²) in [6.45, 7) is 4.28. The minimum absolute atomic E-state index is 0.0847. The fraction of sp³-hybridized carbons (Fsp3) is 0.292. The summed E-state index contributed by atoms with van der Waals surface area (Å²) in [7, 11) is -3.08. The van der Waals surface area contributed by atoms with Gasteiger partial charge in [0, 0.05) is 10.4 Å². The minimum atomic E-state index is -3.08. The van der Waals surface area contributed by atoms with E-state index in [2.05, 4.69) is 10.3 Å². The van der Waals surface area contributed by atoms with E-state index in [4.69, 9.17) is 4.98 Å². The van der Waals surface area contributed by atoms with Gasteiger partial charge in [0.1, 0.15) is 11.3 Å². The number of hydrogen-bond donors (Lipinski definition) is 1. The van der Waals surface area contributed by atoms with Crippen molar-refractivity contribution in [3.05, 3.63) is 69.8 Å². The maximum absolute atomic E-state index is 13.2. The van der Waals surface area contributed by atoms with Gasteiger partial charge in [-0.15, -0.1) is 11.3 Å². The fourth-order valence-corrected chi connectivity index (χ4v) is 6.69. The van der Waals surface area contributed by atoms with E-state index in [0.29, 0.717) is 30.0 Å². The molecule has 7 nitrogen and oxygen atoms in total. The number of imidazole rings is 1. The molecule has 33 heavy (non-hydrogen) atoms. The van der Waals surface area contributed by atoms with Crippen LogP contribution in [0.1, 0.15) is 39.2 Å². The number of carbonyl (C=O) groups excluding carboxylic acids is 1. The summed E-state index contributed by atoms with van der Waals surface area (Å²) in [4.78, 5) is 23.6. The number of benzene rings is 1. The van der Waals surface area contributed by atoms with Crippen molar-refractivity contribution in [1.82, 2.24) is 19.9 Å². The summed E-state index contributed by atoms with van der Waals surface area (Å²) in [5.74, 6) is 0.635. The molecule has 3 aromatic heterocycles. The van der Waals surface area contributed by atoms with Crippen molar-refractivity contribution in [2.45, 2.75) is 32.9 Å². The topological polar surface area (TPSA) is 94.0 Å². The van der Waals surface area contributed by atoms with Gasteiger partial charge in [-0.3, -0.25) is 4.79 Å². The molecule has 170 valence electrons. The average Bonchev–Trinajstić information content (AvgIpc) is 3.50. The first-order chi connectivity index (χ1) is 15.8. The molecule has 4 aromatic rings. The molecule has 1 saturated heterocycles. The van der Waals surface area contributed by atoms with Crippen LogP contribution >= 0.6 is 11.3 Å². The van der Waals surface area contributed by atoms with Crippen LogP contribution in [-0.4, -0.2) is 40.4 Å². The Morgan fingerprint density at radius 2 is 1.97 bits per heavy atom. The molecule has 0 bridgehead atoms. The van der Waals surface area contributed by atoms with Gasteiger partial charge in [0.15, 0.2) is 15.5 Å². The number of nitrogens with zero attached hydrogens (tertiary/aromatic N) is 3. The van der Waals surface area contributed by atoms with E-state index in [9.17, 15) is 13.2 Å². The lowest BCUT2D eigenvalue weighted by Gasteiger charge is -2.15. The third-order valence-corrected chi connectivity index (χ3v) is 8.62. The second kappa shape index (κ2) is 8.39. The van der Waals surface area contributed by atoms with Crippen molar-refractivity contribution in [3.63, 3.8) is 0 Å². The summed E-state index contributed by atoms with van der Waals surface area (Å²) in [5, 5.41) is 4.93. The molecule has 0 spiro atoms. The molecule has 1 atom stereocenters. The first-order valence-corrected chi connectivity index (χ1v) is 13.5. The fourth-order valence-electron chi connectivity index (χ4n) is 4.34. The van der Waals surface area contributed by atoms with Crippen molar-refractivity contribution in [2.75, 3.05) is 11.5 Å².